The van der Waals surface area contributed by atoms with E-state index in [1.807, 2.05) is 54.6 Å². The maximum absolute atomic E-state index is 12.8. The lowest BCUT2D eigenvalue weighted by atomic mass is 10.0. The maximum Gasteiger partial charge on any atom is 0.266 e. The van der Waals surface area contributed by atoms with Gasteiger partial charge in [0.05, 0.1) is 10.3 Å². The van der Waals surface area contributed by atoms with E-state index in [0.29, 0.717) is 38.6 Å². The van der Waals surface area contributed by atoms with Crippen LogP contribution in [0.5, 0.6) is 0 Å². The molecule has 0 unspecified atom stereocenters. The third-order valence-corrected chi connectivity index (χ3v) is 6.51. The van der Waals surface area contributed by atoms with Gasteiger partial charge in [-0.1, -0.05) is 60.7 Å². The Morgan fingerprint density at radius 3 is 2.58 bits per heavy atom. The standard InChI is InChI=1S/C25H19N3O2S/c1-15-21-23(29)27-20(14-17-10-7-9-16-8-5-6-13-19(16)17)28-25(21)31-22(15)24(30)26-18-11-3-2-4-12-18/h2-13H,14H2,1H3,(H,26,30)(H,27,28,29). The number of nitrogens with one attached hydrogen (secondary N) is 2. The molecule has 2 N–H and O–H groups in total. The third-order valence-electron chi connectivity index (χ3n) is 5.33. The second-order valence-electron chi connectivity index (χ2n) is 7.38. The highest BCUT2D eigenvalue weighted by atomic mass is 32.1. The number of aromatic amines is 1. The molecule has 5 aromatic rings. The van der Waals surface area contributed by atoms with Crippen molar-refractivity contribution in [2.75, 3.05) is 5.32 Å². The molecule has 3 aromatic carbocycles. The molecular formula is C25H19N3O2S. The van der Waals surface area contributed by atoms with Gasteiger partial charge in [0.15, 0.2) is 0 Å². The van der Waals surface area contributed by atoms with E-state index in [4.69, 9.17) is 4.98 Å². The molecule has 0 bridgehead atoms. The van der Waals surface area contributed by atoms with Crippen molar-refractivity contribution in [2.45, 2.75) is 13.3 Å². The first kappa shape index (κ1) is 19.2. The number of nitrogens with zero attached hydrogens (tertiary/aromatic N) is 1. The number of rotatable bonds is 4. The van der Waals surface area contributed by atoms with Crippen molar-refractivity contribution in [2.24, 2.45) is 0 Å². The Morgan fingerprint density at radius 1 is 1.00 bits per heavy atom. The second-order valence-corrected chi connectivity index (χ2v) is 8.38. The van der Waals surface area contributed by atoms with E-state index in [9.17, 15) is 9.59 Å². The van der Waals surface area contributed by atoms with Gasteiger partial charge < -0.3 is 10.3 Å². The molecular weight excluding hydrogens is 406 g/mol. The first-order chi connectivity index (χ1) is 15.1. The number of para-hydroxylation sites is 1. The van der Waals surface area contributed by atoms with E-state index in [0.717, 1.165) is 16.3 Å². The zero-order chi connectivity index (χ0) is 21.4. The summed E-state index contributed by atoms with van der Waals surface area (Å²) in [6.07, 6.45) is 0.509. The molecule has 152 valence electrons. The molecule has 0 aliphatic carbocycles. The lowest BCUT2D eigenvalue weighted by molar-refractivity contribution is 0.103. The zero-order valence-corrected chi connectivity index (χ0v) is 17.6. The van der Waals surface area contributed by atoms with Gasteiger partial charge in [-0.25, -0.2) is 4.98 Å². The Labute approximate surface area is 182 Å². The van der Waals surface area contributed by atoms with Crippen molar-refractivity contribution in [3.05, 3.63) is 105 Å². The monoisotopic (exact) mass is 425 g/mol. The van der Waals surface area contributed by atoms with Gasteiger partial charge >= 0.3 is 0 Å². The molecule has 0 saturated heterocycles. The molecule has 2 heterocycles. The van der Waals surface area contributed by atoms with Crippen LogP contribution >= 0.6 is 11.3 Å². The Balaban J connectivity index is 1.52. The lowest BCUT2D eigenvalue weighted by Gasteiger charge is -2.06. The second kappa shape index (κ2) is 7.81. The number of anilines is 1. The number of carbonyl (C=O) groups is 1. The summed E-state index contributed by atoms with van der Waals surface area (Å²) in [7, 11) is 0. The van der Waals surface area contributed by atoms with Gasteiger partial charge in [-0.15, -0.1) is 11.3 Å². The molecule has 0 spiro atoms. The molecule has 2 aromatic heterocycles. The molecule has 0 aliphatic rings. The number of H-pyrrole nitrogens is 1. The first-order valence-corrected chi connectivity index (χ1v) is 10.8. The number of hydrogen-bond donors (Lipinski definition) is 2. The van der Waals surface area contributed by atoms with Crippen molar-refractivity contribution < 1.29 is 4.79 Å². The van der Waals surface area contributed by atoms with Crippen LogP contribution in [-0.2, 0) is 6.42 Å². The third kappa shape index (κ3) is 3.62. The molecule has 1 amide bonds. The van der Waals surface area contributed by atoms with Crippen LogP contribution in [0.25, 0.3) is 21.0 Å². The fourth-order valence-corrected chi connectivity index (χ4v) is 4.92. The largest absolute Gasteiger partial charge is 0.321 e. The summed E-state index contributed by atoms with van der Waals surface area (Å²) in [6.45, 7) is 1.79. The lowest BCUT2D eigenvalue weighted by Crippen LogP contribution is -2.13. The van der Waals surface area contributed by atoms with Crippen LogP contribution in [0.4, 0.5) is 5.69 Å². The summed E-state index contributed by atoms with van der Waals surface area (Å²) in [6, 6.07) is 23.5. The quantitative estimate of drug-likeness (QED) is 0.411. The molecule has 5 rings (SSSR count). The van der Waals surface area contributed by atoms with E-state index in [2.05, 4.69) is 28.5 Å². The number of aromatic nitrogens is 2. The van der Waals surface area contributed by atoms with Crippen LogP contribution in [0.3, 0.4) is 0 Å². The number of hydrogen-bond acceptors (Lipinski definition) is 4. The normalized spacial score (nSPS) is 11.1. The van der Waals surface area contributed by atoms with Crippen LogP contribution in [0, 0.1) is 6.92 Å². The van der Waals surface area contributed by atoms with Gasteiger partial charge in [0.1, 0.15) is 10.7 Å². The van der Waals surface area contributed by atoms with Gasteiger partial charge in [-0.2, -0.15) is 0 Å². The highest BCUT2D eigenvalue weighted by Gasteiger charge is 2.19. The van der Waals surface area contributed by atoms with Gasteiger partial charge in [0.25, 0.3) is 11.5 Å². The fourth-order valence-electron chi connectivity index (χ4n) is 3.83. The summed E-state index contributed by atoms with van der Waals surface area (Å²) in [4.78, 5) is 34.3. The Bertz CT molecular complexity index is 1480. The number of thiophene rings is 1. The maximum atomic E-state index is 12.8. The van der Waals surface area contributed by atoms with Crippen LogP contribution < -0.4 is 10.9 Å². The fraction of sp³-hybridized carbons (Fsp3) is 0.0800. The smallest absolute Gasteiger partial charge is 0.266 e. The van der Waals surface area contributed by atoms with E-state index in [-0.39, 0.29) is 11.5 Å². The average molecular weight is 426 g/mol. The van der Waals surface area contributed by atoms with Crippen molar-refractivity contribution in [1.82, 2.24) is 9.97 Å². The molecule has 0 atom stereocenters. The van der Waals surface area contributed by atoms with Crippen LogP contribution in [0.15, 0.2) is 77.6 Å². The minimum absolute atomic E-state index is 0.215. The van der Waals surface area contributed by atoms with Crippen molar-refractivity contribution in [1.29, 1.82) is 0 Å². The van der Waals surface area contributed by atoms with Gasteiger partial charge in [-0.3, -0.25) is 9.59 Å². The molecule has 0 fully saturated rings. The SMILES string of the molecule is Cc1c(C(=O)Nc2ccccc2)sc2nc(Cc3cccc4ccccc34)[nH]c(=O)c12. The Kier molecular flexibility index (Phi) is 4.84. The molecule has 31 heavy (non-hydrogen) atoms. The highest BCUT2D eigenvalue weighted by Crippen LogP contribution is 2.28. The highest BCUT2D eigenvalue weighted by molar-refractivity contribution is 7.20. The van der Waals surface area contributed by atoms with Crippen LogP contribution in [-0.4, -0.2) is 15.9 Å². The molecule has 0 radical (unpaired) electrons. The van der Waals surface area contributed by atoms with Gasteiger partial charge in [0, 0.05) is 12.1 Å². The predicted octanol–water partition coefficient (Wildman–Crippen LogP) is 5.29. The first-order valence-electron chi connectivity index (χ1n) is 9.95. The Morgan fingerprint density at radius 2 is 1.74 bits per heavy atom. The summed E-state index contributed by atoms with van der Waals surface area (Å²) in [5, 5.41) is 5.65. The van der Waals surface area contributed by atoms with Gasteiger partial charge in [-0.05, 0) is 41.0 Å². The minimum atomic E-state index is -0.235. The Hall–Kier alpha value is -3.77. The number of benzene rings is 3. The summed E-state index contributed by atoms with van der Waals surface area (Å²) < 4.78 is 0. The summed E-state index contributed by atoms with van der Waals surface area (Å²) in [5.74, 6) is 0.354. The van der Waals surface area contributed by atoms with E-state index >= 15 is 0 Å². The van der Waals surface area contributed by atoms with Gasteiger partial charge in [0.2, 0.25) is 0 Å². The van der Waals surface area contributed by atoms with E-state index in [1.165, 1.54) is 11.3 Å². The number of fused-ring (bicyclic) bond motifs is 2. The average Bonchev–Trinajstić information content (AvgIpc) is 3.11. The van der Waals surface area contributed by atoms with Crippen molar-refractivity contribution >= 4 is 43.9 Å². The number of amides is 1. The number of aryl methyl sites for hydroxylation is 1. The molecule has 6 heteroatoms. The summed E-state index contributed by atoms with van der Waals surface area (Å²) in [5.41, 5.74) is 2.24. The topological polar surface area (TPSA) is 74.8 Å². The zero-order valence-electron chi connectivity index (χ0n) is 16.8. The van der Waals surface area contributed by atoms with Crippen LogP contribution in [0.1, 0.15) is 26.6 Å². The summed E-state index contributed by atoms with van der Waals surface area (Å²) >= 11 is 1.25. The molecule has 5 nitrogen and oxygen atoms in total. The predicted molar refractivity (Wildman–Crippen MR) is 126 cm³/mol. The van der Waals surface area contributed by atoms with Crippen LogP contribution in [0.2, 0.25) is 0 Å². The van der Waals surface area contributed by atoms with Crippen molar-refractivity contribution in [3.8, 4) is 0 Å². The molecule has 0 saturated carbocycles. The van der Waals surface area contributed by atoms with E-state index < -0.39 is 0 Å². The number of carbonyl (C=O) groups excluding carboxylic acids is 1. The van der Waals surface area contributed by atoms with E-state index in [1.54, 1.807) is 6.92 Å². The molecule has 0 aliphatic heterocycles. The minimum Gasteiger partial charge on any atom is -0.321 e. The van der Waals surface area contributed by atoms with Crippen molar-refractivity contribution in [3.63, 3.8) is 0 Å².